The third-order valence-electron chi connectivity index (χ3n) is 0.714. The molecule has 3 nitrogen and oxygen atoms in total. The molecule has 0 rings (SSSR count). The second kappa shape index (κ2) is 9.77. The number of aliphatic hydroxyl groups is 1. The minimum absolute atomic E-state index is 0.205. The van der Waals surface area contributed by atoms with E-state index in [-0.39, 0.29) is 12.5 Å². The van der Waals surface area contributed by atoms with Gasteiger partial charge in [-0.25, -0.2) is 0 Å². The van der Waals surface area contributed by atoms with E-state index in [0.29, 0.717) is 6.54 Å². The second-order valence-corrected chi connectivity index (χ2v) is 1.52. The van der Waals surface area contributed by atoms with Gasteiger partial charge in [-0.1, -0.05) is 6.92 Å². The summed E-state index contributed by atoms with van der Waals surface area (Å²) in [5, 5.41) is 8.25. The Bertz CT molecular complexity index is 37.4. The molecule has 0 aliphatic carbocycles. The molecule has 0 heterocycles. The van der Waals surface area contributed by atoms with Crippen LogP contribution in [-0.2, 0) is 4.79 Å². The van der Waals surface area contributed by atoms with Gasteiger partial charge in [-0.2, -0.15) is 0 Å². The number of carbonyl (C=O) groups is 1. The van der Waals surface area contributed by atoms with Crippen LogP contribution in [0.1, 0.15) is 6.92 Å². The number of nitrogens with two attached hydrogens (primary N) is 1. The topological polar surface area (TPSA) is 63.3 Å². The summed E-state index contributed by atoms with van der Waals surface area (Å²) in [6, 6.07) is 0. The Morgan fingerprint density at radius 3 is 2.12 bits per heavy atom. The van der Waals surface area contributed by atoms with Crippen molar-refractivity contribution in [1.29, 1.82) is 0 Å². The summed E-state index contributed by atoms with van der Waals surface area (Å²) >= 11 is 0. The summed E-state index contributed by atoms with van der Waals surface area (Å²) in [4.78, 5) is 8.00. The summed E-state index contributed by atoms with van der Waals surface area (Å²) < 4.78 is 0. The van der Waals surface area contributed by atoms with Crippen LogP contribution in [0.2, 0.25) is 0 Å². The fraction of sp³-hybridized carbons (Fsp3) is 0.800. The molecule has 0 bridgehead atoms. The molecule has 0 aliphatic rings. The maximum Gasteiger partial charge on any atom is 0.106 e. The minimum atomic E-state index is 0.205. The predicted molar refractivity (Wildman–Crippen MR) is 32.4 cm³/mol. The van der Waals surface area contributed by atoms with Crippen molar-refractivity contribution in [1.82, 2.24) is 0 Å². The Kier molecular flexibility index (Phi) is 12.9. The van der Waals surface area contributed by atoms with Gasteiger partial charge in [0, 0.05) is 6.61 Å². The highest BCUT2D eigenvalue weighted by atomic mass is 16.3. The van der Waals surface area contributed by atoms with Crippen LogP contribution in [0.25, 0.3) is 0 Å². The zero-order valence-corrected chi connectivity index (χ0v) is 5.13. The highest BCUT2D eigenvalue weighted by Crippen LogP contribution is 1.83. The fourth-order valence-electron chi connectivity index (χ4n) is 0.0745. The number of carbonyl (C=O) groups excluding carboxylic acids is 1. The van der Waals surface area contributed by atoms with Gasteiger partial charge in [0.25, 0.3) is 0 Å². The molecule has 0 aromatic rings. The molecule has 0 saturated heterocycles. The van der Waals surface area contributed by atoms with Crippen LogP contribution in [-0.4, -0.2) is 25.0 Å². The van der Waals surface area contributed by atoms with Gasteiger partial charge in [0.05, 0.1) is 0 Å². The molecule has 1 unspecified atom stereocenters. The molecule has 0 aliphatic heterocycles. The molecule has 0 aromatic carbocycles. The van der Waals surface area contributed by atoms with Crippen LogP contribution >= 0.6 is 0 Å². The summed E-state index contributed by atoms with van der Waals surface area (Å²) in [7, 11) is 0. The molecular formula is C5H13NO2. The van der Waals surface area contributed by atoms with Gasteiger partial charge in [0.2, 0.25) is 0 Å². The summed E-state index contributed by atoms with van der Waals surface area (Å²) in [5.74, 6) is 0.269. The predicted octanol–water partition coefficient (Wildman–Crippen LogP) is -0.611. The molecule has 3 N–H and O–H groups in total. The van der Waals surface area contributed by atoms with Crippen molar-refractivity contribution in [2.45, 2.75) is 6.92 Å². The van der Waals surface area contributed by atoms with E-state index in [1.807, 2.05) is 13.7 Å². The Labute approximate surface area is 49.5 Å². The van der Waals surface area contributed by atoms with Gasteiger partial charge in [0.1, 0.15) is 6.79 Å². The van der Waals surface area contributed by atoms with Crippen LogP contribution in [0.15, 0.2) is 0 Å². The van der Waals surface area contributed by atoms with Crippen molar-refractivity contribution in [2.75, 3.05) is 13.2 Å². The number of hydrogen-bond acceptors (Lipinski definition) is 3. The normalized spacial score (nSPS) is 11.4. The highest BCUT2D eigenvalue weighted by Gasteiger charge is 1.90. The monoisotopic (exact) mass is 119 g/mol. The summed E-state index contributed by atoms with van der Waals surface area (Å²) in [6.45, 7) is 4.69. The van der Waals surface area contributed by atoms with Crippen molar-refractivity contribution in [3.8, 4) is 0 Å². The lowest BCUT2D eigenvalue weighted by Crippen LogP contribution is -2.13. The Balaban J connectivity index is 0. The molecule has 3 heteroatoms. The van der Waals surface area contributed by atoms with E-state index in [1.165, 1.54) is 0 Å². The molecular weight excluding hydrogens is 106 g/mol. The molecule has 8 heavy (non-hydrogen) atoms. The van der Waals surface area contributed by atoms with Gasteiger partial charge in [0.15, 0.2) is 0 Å². The molecule has 0 saturated carbocycles. The van der Waals surface area contributed by atoms with Gasteiger partial charge in [-0.3, -0.25) is 0 Å². The van der Waals surface area contributed by atoms with Crippen LogP contribution in [0.3, 0.4) is 0 Å². The van der Waals surface area contributed by atoms with Crippen LogP contribution in [0.4, 0.5) is 0 Å². The molecule has 0 radical (unpaired) electrons. The van der Waals surface area contributed by atoms with Crippen molar-refractivity contribution >= 4 is 6.79 Å². The largest absolute Gasteiger partial charge is 0.396 e. The van der Waals surface area contributed by atoms with Crippen molar-refractivity contribution in [3.63, 3.8) is 0 Å². The van der Waals surface area contributed by atoms with Crippen molar-refractivity contribution < 1.29 is 9.90 Å². The van der Waals surface area contributed by atoms with E-state index in [4.69, 9.17) is 15.6 Å². The fourth-order valence-corrected chi connectivity index (χ4v) is 0.0745. The summed E-state index contributed by atoms with van der Waals surface area (Å²) in [6.07, 6.45) is 0. The van der Waals surface area contributed by atoms with E-state index in [9.17, 15) is 0 Å². The minimum Gasteiger partial charge on any atom is -0.396 e. The zero-order valence-electron chi connectivity index (χ0n) is 5.13. The lowest BCUT2D eigenvalue weighted by molar-refractivity contribution is -0.0979. The molecule has 0 spiro atoms. The van der Waals surface area contributed by atoms with Gasteiger partial charge in [-0.15, -0.1) is 0 Å². The average Bonchev–Trinajstić information content (AvgIpc) is 1.91. The SMILES string of the molecule is C=O.CC(CN)CO. The lowest BCUT2D eigenvalue weighted by Gasteiger charge is -1.98. The maximum atomic E-state index is 8.25. The Hall–Kier alpha value is -0.410. The van der Waals surface area contributed by atoms with E-state index in [1.54, 1.807) is 0 Å². The number of aliphatic hydroxyl groups excluding tert-OH is 1. The lowest BCUT2D eigenvalue weighted by atomic mass is 10.2. The third kappa shape index (κ3) is 9.14. The molecule has 1 atom stereocenters. The molecule has 0 fully saturated rings. The standard InChI is InChI=1S/C4H11NO.CH2O/c1-4(2-5)3-6;1-2/h4,6H,2-3,5H2,1H3;1H2. The zero-order chi connectivity index (χ0) is 6.99. The molecule has 0 aromatic heterocycles. The Morgan fingerprint density at radius 2 is 2.12 bits per heavy atom. The van der Waals surface area contributed by atoms with Crippen molar-refractivity contribution in [3.05, 3.63) is 0 Å². The first kappa shape index (κ1) is 10.5. The second-order valence-electron chi connectivity index (χ2n) is 1.52. The quantitative estimate of drug-likeness (QED) is 0.509. The molecule has 0 amide bonds. The summed E-state index contributed by atoms with van der Waals surface area (Å²) in [5.41, 5.74) is 5.12. The van der Waals surface area contributed by atoms with Gasteiger partial charge >= 0.3 is 0 Å². The highest BCUT2D eigenvalue weighted by molar-refractivity contribution is 5.10. The third-order valence-corrected chi connectivity index (χ3v) is 0.714. The first-order valence-corrected chi connectivity index (χ1v) is 2.41. The maximum absolute atomic E-state index is 8.25. The van der Waals surface area contributed by atoms with E-state index in [0.717, 1.165) is 0 Å². The van der Waals surface area contributed by atoms with Gasteiger partial charge < -0.3 is 15.6 Å². The van der Waals surface area contributed by atoms with Crippen LogP contribution in [0, 0.1) is 5.92 Å². The van der Waals surface area contributed by atoms with Crippen molar-refractivity contribution in [2.24, 2.45) is 11.7 Å². The average molecular weight is 119 g/mol. The number of hydrogen-bond donors (Lipinski definition) is 2. The first-order chi connectivity index (χ1) is 3.81. The molecule has 50 valence electrons. The smallest absolute Gasteiger partial charge is 0.106 e. The Morgan fingerprint density at radius 1 is 1.75 bits per heavy atom. The first-order valence-electron chi connectivity index (χ1n) is 2.41. The van der Waals surface area contributed by atoms with E-state index >= 15 is 0 Å². The van der Waals surface area contributed by atoms with Gasteiger partial charge in [-0.05, 0) is 12.5 Å². The van der Waals surface area contributed by atoms with Crippen LogP contribution in [0.5, 0.6) is 0 Å². The van der Waals surface area contributed by atoms with E-state index in [2.05, 4.69) is 0 Å². The van der Waals surface area contributed by atoms with E-state index < -0.39 is 0 Å². The van der Waals surface area contributed by atoms with Crippen LogP contribution < -0.4 is 5.73 Å². The number of rotatable bonds is 2.